The number of anilines is 1. The summed E-state index contributed by atoms with van der Waals surface area (Å²) in [7, 11) is 0. The van der Waals surface area contributed by atoms with E-state index in [0.717, 1.165) is 31.1 Å². The molecule has 0 amide bonds. The zero-order valence-electron chi connectivity index (χ0n) is 7.51. The van der Waals surface area contributed by atoms with Crippen LogP contribution in [0.2, 0.25) is 0 Å². The minimum Gasteiger partial charge on any atom is -0.397 e. The summed E-state index contributed by atoms with van der Waals surface area (Å²) in [6, 6.07) is 3.96. The van der Waals surface area contributed by atoms with Gasteiger partial charge in [0, 0.05) is 16.1 Å². The van der Waals surface area contributed by atoms with Crippen molar-refractivity contribution in [3.63, 3.8) is 0 Å². The first-order valence-corrected chi connectivity index (χ1v) is 5.68. The lowest BCUT2D eigenvalue weighted by atomic mass is 10.1. The molecule has 0 fully saturated rings. The van der Waals surface area contributed by atoms with Crippen molar-refractivity contribution in [2.75, 3.05) is 5.73 Å². The first-order chi connectivity index (χ1) is 6.61. The highest BCUT2D eigenvalue weighted by molar-refractivity contribution is 9.11. The second-order valence-corrected chi connectivity index (χ2v) is 4.80. The zero-order valence-corrected chi connectivity index (χ0v) is 10.7. The van der Waals surface area contributed by atoms with Crippen molar-refractivity contribution in [1.29, 1.82) is 0 Å². The third-order valence-corrected chi connectivity index (χ3v) is 3.71. The summed E-state index contributed by atoms with van der Waals surface area (Å²) in [6.07, 6.45) is 1.73. The molecule has 1 aromatic carbocycles. The Labute approximate surface area is 98.8 Å². The lowest BCUT2D eigenvalue weighted by molar-refractivity contribution is 1.34. The third-order valence-electron chi connectivity index (χ3n) is 2.22. The van der Waals surface area contributed by atoms with E-state index >= 15 is 0 Å². The molecule has 0 aliphatic heterocycles. The summed E-state index contributed by atoms with van der Waals surface area (Å²) in [5.41, 5.74) is 8.73. The van der Waals surface area contributed by atoms with Crippen LogP contribution in [0.5, 0.6) is 0 Å². The quantitative estimate of drug-likeness (QED) is 0.806. The fraction of sp³-hybridized carbons (Fsp3) is 0.100. The van der Waals surface area contributed by atoms with E-state index in [1.54, 1.807) is 6.20 Å². The van der Waals surface area contributed by atoms with Gasteiger partial charge in [0.15, 0.2) is 0 Å². The second kappa shape index (κ2) is 3.51. The van der Waals surface area contributed by atoms with Crippen molar-refractivity contribution in [2.24, 2.45) is 0 Å². The molecule has 0 atom stereocenters. The van der Waals surface area contributed by atoms with Crippen LogP contribution in [0.15, 0.2) is 27.3 Å². The van der Waals surface area contributed by atoms with Gasteiger partial charge in [0.1, 0.15) is 0 Å². The second-order valence-electron chi connectivity index (χ2n) is 3.09. The summed E-state index contributed by atoms with van der Waals surface area (Å²) in [4.78, 5) is 4.35. The maximum atomic E-state index is 5.94. The SMILES string of the molecule is Cc1c(Br)ccc2c(N)c(Br)cnc12. The van der Waals surface area contributed by atoms with Crippen LogP contribution in [0.3, 0.4) is 0 Å². The van der Waals surface area contributed by atoms with Crippen LogP contribution in [-0.2, 0) is 0 Å². The Morgan fingerprint density at radius 3 is 2.64 bits per heavy atom. The van der Waals surface area contributed by atoms with Crippen LogP contribution in [0.4, 0.5) is 5.69 Å². The van der Waals surface area contributed by atoms with E-state index in [-0.39, 0.29) is 0 Å². The minimum absolute atomic E-state index is 0.741. The number of pyridine rings is 1. The smallest absolute Gasteiger partial charge is 0.0763 e. The van der Waals surface area contributed by atoms with Gasteiger partial charge in [0.25, 0.3) is 0 Å². The molecule has 0 saturated heterocycles. The van der Waals surface area contributed by atoms with Crippen LogP contribution >= 0.6 is 31.9 Å². The topological polar surface area (TPSA) is 38.9 Å². The number of aryl methyl sites for hydroxylation is 1. The molecule has 4 heteroatoms. The minimum atomic E-state index is 0.741. The molecule has 2 rings (SSSR count). The Hall–Kier alpha value is -0.610. The van der Waals surface area contributed by atoms with Gasteiger partial charge in [0.05, 0.1) is 15.7 Å². The van der Waals surface area contributed by atoms with E-state index in [9.17, 15) is 0 Å². The number of fused-ring (bicyclic) bond motifs is 1. The molecule has 14 heavy (non-hydrogen) atoms. The van der Waals surface area contributed by atoms with Crippen LogP contribution in [0, 0.1) is 6.92 Å². The molecule has 2 aromatic rings. The molecule has 0 aliphatic rings. The van der Waals surface area contributed by atoms with Crippen LogP contribution in [0.1, 0.15) is 5.56 Å². The standard InChI is InChI=1S/C10H8Br2N2/c1-5-7(11)3-2-6-9(13)8(12)4-14-10(5)6/h2-4H,1H3,(H2,13,14). The molecule has 0 radical (unpaired) electrons. The Morgan fingerprint density at radius 2 is 1.93 bits per heavy atom. The largest absolute Gasteiger partial charge is 0.397 e. The Bertz CT molecular complexity index is 462. The van der Waals surface area contributed by atoms with E-state index in [1.807, 2.05) is 19.1 Å². The fourth-order valence-corrected chi connectivity index (χ4v) is 2.01. The van der Waals surface area contributed by atoms with Gasteiger partial charge in [-0.25, -0.2) is 0 Å². The van der Waals surface area contributed by atoms with Crippen molar-refractivity contribution in [2.45, 2.75) is 6.92 Å². The highest BCUT2D eigenvalue weighted by Crippen LogP contribution is 2.31. The fourth-order valence-electron chi connectivity index (χ4n) is 1.38. The molecule has 0 saturated carbocycles. The molecule has 72 valence electrons. The van der Waals surface area contributed by atoms with Crippen LogP contribution in [-0.4, -0.2) is 4.98 Å². The first-order valence-electron chi connectivity index (χ1n) is 4.10. The maximum absolute atomic E-state index is 5.94. The molecule has 1 heterocycles. The van der Waals surface area contributed by atoms with Gasteiger partial charge >= 0.3 is 0 Å². The van der Waals surface area contributed by atoms with Crippen molar-refractivity contribution < 1.29 is 0 Å². The molecule has 1 aromatic heterocycles. The Morgan fingerprint density at radius 1 is 1.21 bits per heavy atom. The predicted molar refractivity (Wildman–Crippen MR) is 66.3 cm³/mol. The highest BCUT2D eigenvalue weighted by atomic mass is 79.9. The van der Waals surface area contributed by atoms with Gasteiger partial charge in [-0.1, -0.05) is 15.9 Å². The van der Waals surface area contributed by atoms with Gasteiger partial charge in [-0.2, -0.15) is 0 Å². The number of hydrogen-bond acceptors (Lipinski definition) is 2. The third kappa shape index (κ3) is 1.42. The summed E-state index contributed by atoms with van der Waals surface area (Å²) in [5.74, 6) is 0. The van der Waals surface area contributed by atoms with Crippen molar-refractivity contribution in [1.82, 2.24) is 4.98 Å². The van der Waals surface area contributed by atoms with Crippen molar-refractivity contribution in [3.8, 4) is 0 Å². The van der Waals surface area contributed by atoms with E-state index in [4.69, 9.17) is 5.73 Å². The average Bonchev–Trinajstić information content (AvgIpc) is 2.17. The number of hydrogen-bond donors (Lipinski definition) is 1. The van der Waals surface area contributed by atoms with E-state index in [1.165, 1.54) is 0 Å². The average molecular weight is 316 g/mol. The number of nitrogens with zero attached hydrogens (tertiary/aromatic N) is 1. The molecule has 0 spiro atoms. The summed E-state index contributed by atoms with van der Waals surface area (Å²) >= 11 is 6.83. The lowest BCUT2D eigenvalue weighted by Gasteiger charge is -2.07. The van der Waals surface area contributed by atoms with Gasteiger partial charge < -0.3 is 5.73 Å². The maximum Gasteiger partial charge on any atom is 0.0763 e. The van der Waals surface area contributed by atoms with E-state index in [2.05, 4.69) is 36.8 Å². The molecule has 0 bridgehead atoms. The number of benzene rings is 1. The van der Waals surface area contributed by atoms with E-state index < -0.39 is 0 Å². The summed E-state index contributed by atoms with van der Waals surface area (Å²) < 4.78 is 1.89. The van der Waals surface area contributed by atoms with Crippen molar-refractivity contribution >= 4 is 48.5 Å². The molecular formula is C10H8Br2N2. The van der Waals surface area contributed by atoms with Gasteiger partial charge in [-0.3, -0.25) is 4.98 Å². The normalized spacial score (nSPS) is 10.8. The number of nitrogen functional groups attached to an aromatic ring is 1. The van der Waals surface area contributed by atoms with Crippen molar-refractivity contribution in [3.05, 3.63) is 32.8 Å². The lowest BCUT2D eigenvalue weighted by Crippen LogP contribution is -1.93. The summed E-state index contributed by atoms with van der Waals surface area (Å²) in [5, 5.41) is 0.986. The Balaban J connectivity index is 2.94. The number of halogens is 2. The molecule has 0 unspecified atom stereocenters. The number of nitrogens with two attached hydrogens (primary N) is 1. The van der Waals surface area contributed by atoms with E-state index in [0.29, 0.717) is 0 Å². The molecular weight excluding hydrogens is 308 g/mol. The number of rotatable bonds is 0. The van der Waals surface area contributed by atoms with Gasteiger partial charge in [-0.05, 0) is 40.5 Å². The number of aromatic nitrogens is 1. The monoisotopic (exact) mass is 314 g/mol. The van der Waals surface area contributed by atoms with Gasteiger partial charge in [-0.15, -0.1) is 0 Å². The highest BCUT2D eigenvalue weighted by Gasteiger charge is 2.07. The van der Waals surface area contributed by atoms with Crippen LogP contribution < -0.4 is 5.73 Å². The molecule has 0 aliphatic carbocycles. The van der Waals surface area contributed by atoms with Gasteiger partial charge in [0.2, 0.25) is 0 Å². The summed E-state index contributed by atoms with van der Waals surface area (Å²) in [6.45, 7) is 2.02. The molecule has 2 nitrogen and oxygen atoms in total. The Kier molecular flexibility index (Phi) is 2.49. The first kappa shape index (κ1) is 9.93. The molecule has 2 N–H and O–H groups in total. The van der Waals surface area contributed by atoms with Crippen LogP contribution in [0.25, 0.3) is 10.9 Å². The predicted octanol–water partition coefficient (Wildman–Crippen LogP) is 3.65. The zero-order chi connectivity index (χ0) is 10.3.